The van der Waals surface area contributed by atoms with Gasteiger partial charge in [-0.25, -0.2) is 0 Å². The van der Waals surface area contributed by atoms with Crippen LogP contribution in [0.1, 0.15) is 19.3 Å². The Morgan fingerprint density at radius 2 is 1.88 bits per heavy atom. The highest BCUT2D eigenvalue weighted by Crippen LogP contribution is 2.29. The average molecular weight is 306 g/mol. The number of ether oxygens (including phenoxy) is 2. The second-order valence-electron chi connectivity index (χ2n) is 4.14. The molecule has 1 heterocycles. The smallest absolute Gasteiger partial charge is 0.251 e. The van der Waals surface area contributed by atoms with Gasteiger partial charge in [0, 0.05) is 12.5 Å². The number of rotatable bonds is 10. The zero-order chi connectivity index (χ0) is 11.9. The lowest BCUT2D eigenvalue weighted by Crippen LogP contribution is -2.18. The molecule has 96 valence electrons. The molecule has 1 fully saturated rings. The molecule has 16 heavy (non-hydrogen) atoms. The zero-order valence-corrected chi connectivity index (χ0v) is 12.7. The van der Waals surface area contributed by atoms with Crippen molar-refractivity contribution in [3.05, 3.63) is 0 Å². The monoisotopic (exact) mass is 304 g/mol. The van der Waals surface area contributed by atoms with Crippen LogP contribution in [0, 0.1) is 0 Å². The number of hydrogen-bond donors (Lipinski definition) is 0. The first kappa shape index (κ1) is 15.1. The third kappa shape index (κ3) is 8.15. The molecular weight excluding hydrogens is 287 g/mol. The molecule has 1 atom stereocenters. The number of alkyl halides is 1. The minimum atomic E-state index is -2.01. The van der Waals surface area contributed by atoms with Gasteiger partial charge in [0.25, 0.3) is 6.69 Å². The van der Waals surface area contributed by atoms with Crippen molar-refractivity contribution in [2.24, 2.45) is 0 Å². The highest BCUT2D eigenvalue weighted by Gasteiger charge is 2.26. The van der Waals surface area contributed by atoms with E-state index in [9.17, 15) is 0 Å². The third-order valence-electron chi connectivity index (χ3n) is 2.46. The van der Waals surface area contributed by atoms with Crippen LogP contribution in [0.2, 0.25) is 12.1 Å². The van der Waals surface area contributed by atoms with Crippen molar-refractivity contribution in [3.8, 4) is 0 Å². The van der Waals surface area contributed by atoms with Gasteiger partial charge in [-0.3, -0.25) is 0 Å². The molecule has 0 aliphatic carbocycles. The lowest BCUT2D eigenvalue weighted by atomic mass is 10.3. The molecule has 0 saturated carbocycles. The van der Waals surface area contributed by atoms with E-state index in [0.29, 0.717) is 12.0 Å². The number of hydrogen-bond acceptors (Lipinski definition) is 2. The lowest BCUT2D eigenvalue weighted by molar-refractivity contribution is 0.114. The lowest BCUT2D eigenvalue weighted by Gasteiger charge is -2.15. The summed E-state index contributed by atoms with van der Waals surface area (Å²) in [5, 5.41) is 0. The standard InChI is InChI=1S/C10H19Cl3O2Si/c11-4-3-7-16(12,13)6-2-1-5-14-8-10-9-15-10/h10H,1-9H2. The second kappa shape index (κ2) is 8.17. The van der Waals surface area contributed by atoms with Gasteiger partial charge in [0.1, 0.15) is 6.10 Å². The molecule has 2 nitrogen and oxygen atoms in total. The first-order valence-corrected chi connectivity index (χ1v) is 10.7. The van der Waals surface area contributed by atoms with E-state index in [4.69, 9.17) is 43.2 Å². The average Bonchev–Trinajstić information content (AvgIpc) is 3.04. The first-order valence-electron chi connectivity index (χ1n) is 5.77. The summed E-state index contributed by atoms with van der Waals surface area (Å²) in [5.74, 6) is 0.651. The summed E-state index contributed by atoms with van der Waals surface area (Å²) in [5.41, 5.74) is 0. The Kier molecular flexibility index (Phi) is 7.69. The van der Waals surface area contributed by atoms with E-state index in [2.05, 4.69) is 0 Å². The molecule has 0 aromatic rings. The fourth-order valence-corrected chi connectivity index (χ4v) is 5.09. The molecule has 0 bridgehead atoms. The number of epoxide rings is 1. The van der Waals surface area contributed by atoms with Crippen molar-refractivity contribution in [3.63, 3.8) is 0 Å². The molecule has 1 aliphatic heterocycles. The highest BCUT2D eigenvalue weighted by molar-refractivity contribution is 7.45. The largest absolute Gasteiger partial charge is 0.379 e. The van der Waals surface area contributed by atoms with Crippen LogP contribution in [-0.4, -0.2) is 38.5 Å². The van der Waals surface area contributed by atoms with Crippen molar-refractivity contribution >= 4 is 40.5 Å². The maximum Gasteiger partial charge on any atom is 0.251 e. The van der Waals surface area contributed by atoms with Crippen LogP contribution in [0.4, 0.5) is 0 Å². The molecule has 0 radical (unpaired) electrons. The van der Waals surface area contributed by atoms with E-state index >= 15 is 0 Å². The Balaban J connectivity index is 1.87. The quantitative estimate of drug-likeness (QED) is 0.202. The fourth-order valence-electron chi connectivity index (χ4n) is 1.42. The van der Waals surface area contributed by atoms with Crippen molar-refractivity contribution in [1.29, 1.82) is 0 Å². The molecule has 6 heteroatoms. The number of halogens is 3. The summed E-state index contributed by atoms with van der Waals surface area (Å²) in [6.45, 7) is 0.363. The van der Waals surface area contributed by atoms with Crippen LogP contribution >= 0.6 is 33.8 Å². The molecule has 0 N–H and O–H groups in total. The topological polar surface area (TPSA) is 21.8 Å². The molecule has 1 saturated heterocycles. The van der Waals surface area contributed by atoms with Gasteiger partial charge in [0.15, 0.2) is 0 Å². The van der Waals surface area contributed by atoms with E-state index in [1.807, 2.05) is 0 Å². The molecule has 1 rings (SSSR count). The van der Waals surface area contributed by atoms with Crippen molar-refractivity contribution in [1.82, 2.24) is 0 Å². The maximum absolute atomic E-state index is 6.27. The molecule has 1 unspecified atom stereocenters. The van der Waals surface area contributed by atoms with Crippen molar-refractivity contribution in [2.45, 2.75) is 37.5 Å². The summed E-state index contributed by atoms with van der Waals surface area (Å²) in [6.07, 6.45) is 3.36. The Morgan fingerprint density at radius 3 is 2.50 bits per heavy atom. The minimum Gasteiger partial charge on any atom is -0.379 e. The Hall–Kier alpha value is 1.01. The van der Waals surface area contributed by atoms with Gasteiger partial charge in [0.2, 0.25) is 0 Å². The summed E-state index contributed by atoms with van der Waals surface area (Å²) in [4.78, 5) is 0. The normalized spacial score (nSPS) is 20.1. The van der Waals surface area contributed by atoms with Gasteiger partial charge in [-0.05, 0) is 24.9 Å². The SMILES string of the molecule is ClCCC[Si](Cl)(Cl)CCCCOCC1CO1. The Labute approximate surface area is 113 Å². The van der Waals surface area contributed by atoms with Crippen LogP contribution in [-0.2, 0) is 9.47 Å². The molecular formula is C10H19Cl3O2Si. The van der Waals surface area contributed by atoms with Gasteiger partial charge < -0.3 is 9.47 Å². The fraction of sp³-hybridized carbons (Fsp3) is 1.00. The predicted octanol–water partition coefficient (Wildman–Crippen LogP) is 3.73. The van der Waals surface area contributed by atoms with E-state index in [1.165, 1.54) is 0 Å². The van der Waals surface area contributed by atoms with Crippen LogP contribution in [0.3, 0.4) is 0 Å². The minimum absolute atomic E-state index is 0.359. The van der Waals surface area contributed by atoms with Crippen molar-refractivity contribution in [2.75, 3.05) is 25.7 Å². The predicted molar refractivity (Wildman–Crippen MR) is 72.2 cm³/mol. The van der Waals surface area contributed by atoms with E-state index in [0.717, 1.165) is 51.2 Å². The number of unbranched alkanes of at least 4 members (excludes halogenated alkanes) is 1. The third-order valence-corrected chi connectivity index (χ3v) is 7.17. The van der Waals surface area contributed by atoms with Gasteiger partial charge >= 0.3 is 0 Å². The zero-order valence-electron chi connectivity index (χ0n) is 9.39. The summed E-state index contributed by atoms with van der Waals surface area (Å²) >= 11 is 18.2. The van der Waals surface area contributed by atoms with Crippen LogP contribution < -0.4 is 0 Å². The summed E-state index contributed by atoms with van der Waals surface area (Å²) < 4.78 is 10.5. The van der Waals surface area contributed by atoms with E-state index < -0.39 is 6.69 Å². The van der Waals surface area contributed by atoms with Gasteiger partial charge in [-0.2, -0.15) is 0 Å². The van der Waals surface area contributed by atoms with Gasteiger partial charge in [0.05, 0.1) is 13.2 Å². The molecule has 1 aliphatic rings. The van der Waals surface area contributed by atoms with E-state index in [-0.39, 0.29) is 0 Å². The summed E-state index contributed by atoms with van der Waals surface area (Å²) in [6, 6.07) is 1.84. The van der Waals surface area contributed by atoms with E-state index in [1.54, 1.807) is 0 Å². The molecule has 0 spiro atoms. The van der Waals surface area contributed by atoms with Crippen molar-refractivity contribution < 1.29 is 9.47 Å². The van der Waals surface area contributed by atoms with Crippen LogP contribution in [0.5, 0.6) is 0 Å². The second-order valence-corrected chi connectivity index (χ2v) is 12.1. The summed E-state index contributed by atoms with van der Waals surface area (Å²) in [7, 11) is 0. The highest BCUT2D eigenvalue weighted by atomic mass is 35.7. The van der Waals surface area contributed by atoms with Crippen LogP contribution in [0.25, 0.3) is 0 Å². The van der Waals surface area contributed by atoms with Crippen LogP contribution in [0.15, 0.2) is 0 Å². The molecule has 0 aromatic carbocycles. The van der Waals surface area contributed by atoms with Gasteiger partial charge in [-0.1, -0.05) is 6.42 Å². The molecule has 0 amide bonds. The Bertz CT molecular complexity index is 189. The maximum atomic E-state index is 6.27. The Morgan fingerprint density at radius 1 is 1.19 bits per heavy atom. The van der Waals surface area contributed by atoms with Gasteiger partial charge in [-0.15, -0.1) is 33.8 Å². The molecule has 0 aromatic heterocycles. The first-order chi connectivity index (χ1) is 7.64.